The summed E-state index contributed by atoms with van der Waals surface area (Å²) in [6.07, 6.45) is -27.8. The van der Waals surface area contributed by atoms with E-state index in [0.717, 1.165) is 27.8 Å². The molecule has 27 nitrogen and oxygen atoms in total. The monoisotopic (exact) mass is 1740 g/mol. The average Bonchev–Trinajstić information content (AvgIpc) is 0.765. The SMILES string of the molecule is CC(=O)CCC(=O)O[C@@H]1[C@@H](O[C@@H]2[C@H](O[C@@H]3[C@@H](NC(C)=O)[C@@H](OC[C@H]4O[C@H](OCc5ccccc5C(=O)OCc5ccccc5)[C@@H](OC(=O)C(C)(C)C)[C@@H](OCc5ccccc5)[C@@H]4OCc4ccccc4)O[C@@H]4COC(c5ccccc5)O[C@@H]34)O[C@@H]3COC(c4ccccc4)O[C@H]3[C@@H]2OCc2ccccc2)O[C@@H]2COC(c3ccccc3)O[C@H]2[C@@H]1OCc1ccccc1. The molecule has 0 aromatic heterocycles. The minimum atomic E-state index is -1.65. The van der Waals surface area contributed by atoms with E-state index in [2.05, 4.69) is 5.32 Å². The fourth-order valence-corrected chi connectivity index (χ4v) is 16.4. The van der Waals surface area contributed by atoms with Crippen LogP contribution in [0.3, 0.4) is 0 Å². The normalized spacial score (nSPS) is 29.3. The maximum atomic E-state index is 14.7. The van der Waals surface area contributed by atoms with Crippen molar-refractivity contribution in [2.45, 2.75) is 229 Å². The summed E-state index contributed by atoms with van der Waals surface area (Å²) in [5, 5.41) is 3.16. The number of carbonyl (C=O) groups excluding carboxylic acids is 5. The summed E-state index contributed by atoms with van der Waals surface area (Å²) >= 11 is 0. The molecule has 7 fully saturated rings. The number of nitrogens with one attached hydrogen (secondary N) is 1. The molecule has 668 valence electrons. The largest absolute Gasteiger partial charge is 0.457 e. The van der Waals surface area contributed by atoms with E-state index in [4.69, 9.17) is 99.5 Å². The predicted molar refractivity (Wildman–Crippen MR) is 454 cm³/mol. The third kappa shape index (κ3) is 23.3. The van der Waals surface area contributed by atoms with Gasteiger partial charge >= 0.3 is 17.9 Å². The zero-order valence-corrected chi connectivity index (χ0v) is 71.3. The molecule has 7 aliphatic heterocycles. The molecule has 23 atom stereocenters. The van der Waals surface area contributed by atoms with Crippen LogP contribution in [-0.4, -0.2) is 179 Å². The number of fused-ring (bicyclic) bond motifs is 3. The van der Waals surface area contributed by atoms with E-state index in [-0.39, 0.29) is 83.7 Å². The number of carbonyl (C=O) groups is 5. The van der Waals surface area contributed by atoms with Crippen molar-refractivity contribution >= 4 is 29.6 Å². The van der Waals surface area contributed by atoms with Crippen LogP contribution in [0, 0.1) is 5.41 Å². The van der Waals surface area contributed by atoms with E-state index < -0.39 is 177 Å². The lowest BCUT2D eigenvalue weighted by molar-refractivity contribution is -0.423. The fourth-order valence-electron chi connectivity index (χ4n) is 16.4. The molecule has 1 amide bonds. The summed E-state index contributed by atoms with van der Waals surface area (Å²) in [4.78, 5) is 70.9. The van der Waals surface area contributed by atoms with Crippen LogP contribution in [0.25, 0.3) is 0 Å². The molecule has 0 aliphatic carbocycles. The molecule has 16 rings (SSSR count). The van der Waals surface area contributed by atoms with Gasteiger partial charge in [-0.1, -0.05) is 261 Å². The first kappa shape index (κ1) is 90.2. The second-order valence-electron chi connectivity index (χ2n) is 33.3. The molecule has 0 bridgehead atoms. The lowest BCUT2D eigenvalue weighted by Crippen LogP contribution is -2.71. The standard InChI is InChI=1S/C100H107NO26/c1-62(102)50-51-78(104)121-89-86(109-54-66-36-18-8-19-37-66)82-76(60-114-93(123-82)70-44-26-12-27-45-70)119-97(89)126-90-87(110-55-67-38-20-9-21-39-67)83-77(61-115-94(124-83)71-46-28-13-29-47-71)120-98(90)125-84-79(101-63(2)103)95(117-75-59-113-92(122-81(75)84)69-42-24-11-25-43-69)116-58-74-80(107-52-64-32-14-6-15-33-64)85(108-53-65-34-16-7-17-35-65)88(127-99(106)100(3,4)5)96(118-74)112-57-72-48-30-31-49-73(72)91(105)111-56-68-40-22-10-23-41-68/h6-49,74-77,79-90,92-98H,50-61H2,1-5H3,(H,101,103)/t74-,75-,76-,77-,79-,80-,81-,82-,83-,84-,85+,86+,87+,88+,89+,90+,92?,93?,94?,95+,96+,97-,98+/m1/s1. The van der Waals surface area contributed by atoms with Gasteiger partial charge in [0.05, 0.1) is 76.9 Å². The van der Waals surface area contributed by atoms with Crippen LogP contribution in [-0.2, 0) is 158 Å². The summed E-state index contributed by atoms with van der Waals surface area (Å²) in [6, 6.07) is 80.8. The van der Waals surface area contributed by atoms with Gasteiger partial charge in [0.15, 0.2) is 56.2 Å². The van der Waals surface area contributed by atoms with Crippen molar-refractivity contribution in [1.82, 2.24) is 5.32 Å². The zero-order valence-electron chi connectivity index (χ0n) is 71.3. The first-order valence-electron chi connectivity index (χ1n) is 43.2. The molecular weight excluding hydrogens is 1630 g/mol. The smallest absolute Gasteiger partial charge is 0.338 e. The molecule has 7 saturated heterocycles. The predicted octanol–water partition coefficient (Wildman–Crippen LogP) is 13.7. The molecule has 1 N–H and O–H groups in total. The van der Waals surface area contributed by atoms with Gasteiger partial charge in [-0.05, 0) is 67.1 Å². The van der Waals surface area contributed by atoms with Crippen LogP contribution in [0.5, 0.6) is 0 Å². The van der Waals surface area contributed by atoms with E-state index in [1.165, 1.54) is 13.8 Å². The third-order valence-corrected chi connectivity index (χ3v) is 22.9. The van der Waals surface area contributed by atoms with Crippen molar-refractivity contribution < 1.29 is 123 Å². The minimum absolute atomic E-state index is 0.000303. The second-order valence-corrected chi connectivity index (χ2v) is 33.3. The summed E-state index contributed by atoms with van der Waals surface area (Å²) in [7, 11) is 0. The van der Waals surface area contributed by atoms with Crippen LogP contribution in [0.1, 0.15) is 127 Å². The highest BCUT2D eigenvalue weighted by Crippen LogP contribution is 2.45. The number of hydrogen-bond donors (Lipinski definition) is 1. The van der Waals surface area contributed by atoms with Crippen LogP contribution in [0.15, 0.2) is 267 Å². The Bertz CT molecular complexity index is 4970. The summed E-state index contributed by atoms with van der Waals surface area (Å²) < 4.78 is 147. The highest BCUT2D eigenvalue weighted by Gasteiger charge is 2.61. The molecule has 0 radical (unpaired) electrons. The quantitative estimate of drug-likeness (QED) is 0.0289. The number of amides is 1. The van der Waals surface area contributed by atoms with Gasteiger partial charge in [0, 0.05) is 30.0 Å². The van der Waals surface area contributed by atoms with Crippen LogP contribution in [0.2, 0.25) is 0 Å². The Morgan fingerprint density at radius 1 is 0.354 bits per heavy atom. The topological polar surface area (TPSA) is 291 Å². The number of rotatable bonds is 34. The van der Waals surface area contributed by atoms with Gasteiger partial charge in [0.1, 0.15) is 97.8 Å². The van der Waals surface area contributed by atoms with Gasteiger partial charge < -0.3 is 110 Å². The average molecular weight is 1740 g/mol. The Kier molecular flexibility index (Phi) is 30.7. The maximum absolute atomic E-state index is 14.7. The Hall–Kier alpha value is -10.2. The number of Topliss-reactive ketones (excluding diaryl/α,β-unsaturated/α-hetero) is 1. The van der Waals surface area contributed by atoms with E-state index in [9.17, 15) is 24.0 Å². The summed E-state index contributed by atoms with van der Waals surface area (Å²) in [5.74, 6) is -2.79. The molecule has 7 aliphatic rings. The third-order valence-electron chi connectivity index (χ3n) is 22.9. The first-order valence-corrected chi connectivity index (χ1v) is 43.2. The van der Waals surface area contributed by atoms with Crippen LogP contribution < -0.4 is 5.32 Å². The van der Waals surface area contributed by atoms with Crippen molar-refractivity contribution in [2.24, 2.45) is 5.41 Å². The van der Waals surface area contributed by atoms with E-state index in [0.29, 0.717) is 22.3 Å². The Morgan fingerprint density at radius 2 is 0.740 bits per heavy atom. The van der Waals surface area contributed by atoms with E-state index in [1.54, 1.807) is 45.0 Å². The van der Waals surface area contributed by atoms with Crippen molar-refractivity contribution in [3.63, 3.8) is 0 Å². The van der Waals surface area contributed by atoms with Crippen molar-refractivity contribution in [1.29, 1.82) is 0 Å². The second kappa shape index (κ2) is 43.3. The van der Waals surface area contributed by atoms with Crippen molar-refractivity contribution in [3.05, 3.63) is 323 Å². The fraction of sp³-hybridized carbons (Fsp3) is 0.410. The summed E-state index contributed by atoms with van der Waals surface area (Å²) in [6.45, 7) is 6.87. The lowest BCUT2D eigenvalue weighted by Gasteiger charge is -2.54. The molecule has 0 saturated carbocycles. The van der Waals surface area contributed by atoms with Gasteiger partial charge in [-0.3, -0.25) is 14.4 Å². The molecule has 3 unspecified atom stereocenters. The van der Waals surface area contributed by atoms with Crippen LogP contribution >= 0.6 is 0 Å². The van der Waals surface area contributed by atoms with Gasteiger partial charge in [-0.2, -0.15) is 0 Å². The van der Waals surface area contributed by atoms with Crippen molar-refractivity contribution in [3.8, 4) is 0 Å². The molecule has 0 spiro atoms. The number of esters is 3. The molecule has 7 heterocycles. The number of ether oxygens (including phenoxy) is 21. The Labute approximate surface area is 737 Å². The lowest BCUT2D eigenvalue weighted by atomic mass is 9.93. The summed E-state index contributed by atoms with van der Waals surface area (Å²) in [5.41, 5.74) is 5.51. The molecular formula is C100H107NO26. The van der Waals surface area contributed by atoms with E-state index >= 15 is 0 Å². The van der Waals surface area contributed by atoms with Crippen molar-refractivity contribution in [2.75, 3.05) is 26.4 Å². The molecule has 9 aromatic rings. The number of benzene rings is 9. The van der Waals surface area contributed by atoms with Gasteiger partial charge in [0.25, 0.3) is 0 Å². The number of hydrogen-bond acceptors (Lipinski definition) is 26. The molecule has 127 heavy (non-hydrogen) atoms. The van der Waals surface area contributed by atoms with Crippen LogP contribution in [0.4, 0.5) is 0 Å². The Balaban J connectivity index is 0.793. The minimum Gasteiger partial charge on any atom is -0.457 e. The van der Waals surface area contributed by atoms with E-state index in [1.807, 2.05) is 243 Å². The zero-order chi connectivity index (χ0) is 87.6. The van der Waals surface area contributed by atoms with Gasteiger partial charge in [-0.25, -0.2) is 4.79 Å². The highest BCUT2D eigenvalue weighted by molar-refractivity contribution is 5.91. The molecule has 9 aromatic carbocycles. The first-order chi connectivity index (χ1) is 62.0. The van der Waals surface area contributed by atoms with Gasteiger partial charge in [-0.15, -0.1) is 0 Å². The molecule has 27 heteroatoms. The Morgan fingerprint density at radius 3 is 1.20 bits per heavy atom. The maximum Gasteiger partial charge on any atom is 0.338 e. The van der Waals surface area contributed by atoms with Gasteiger partial charge in [0.2, 0.25) is 5.91 Å². The highest BCUT2D eigenvalue weighted by atomic mass is 16.8. The number of ketones is 1.